The van der Waals surface area contributed by atoms with Gasteiger partial charge < -0.3 is 5.73 Å². The Kier molecular flexibility index (Phi) is 1.10. The highest BCUT2D eigenvalue weighted by molar-refractivity contribution is 5.93. The van der Waals surface area contributed by atoms with Crippen LogP contribution in [0.2, 0.25) is 0 Å². The van der Waals surface area contributed by atoms with E-state index in [1.54, 1.807) is 0 Å². The van der Waals surface area contributed by atoms with E-state index >= 15 is 0 Å². The van der Waals surface area contributed by atoms with Crippen LogP contribution in [-0.2, 0) is 4.79 Å². The summed E-state index contributed by atoms with van der Waals surface area (Å²) in [5.41, 5.74) is 6.08. The van der Waals surface area contributed by atoms with Gasteiger partial charge in [0.05, 0.1) is 0 Å². The minimum atomic E-state index is -0.202. The number of carbonyl (C=O) groups is 1. The highest BCUT2D eigenvalue weighted by atomic mass is 16.1. The molecule has 1 unspecified atom stereocenters. The molecule has 2 N–H and O–H groups in total. The van der Waals surface area contributed by atoms with Gasteiger partial charge in [-0.15, -0.1) is 0 Å². The van der Waals surface area contributed by atoms with E-state index in [9.17, 15) is 4.79 Å². The number of allylic oxidation sites excluding steroid dienone is 1. The van der Waals surface area contributed by atoms with E-state index in [4.69, 9.17) is 5.73 Å². The monoisotopic (exact) mass is 137 g/mol. The second-order valence-corrected chi connectivity index (χ2v) is 3.26. The zero-order valence-electron chi connectivity index (χ0n) is 5.84. The van der Waals surface area contributed by atoms with E-state index in [1.807, 2.05) is 0 Å². The first-order valence-corrected chi connectivity index (χ1v) is 3.79. The molecule has 0 spiro atoms. The van der Waals surface area contributed by atoms with Crippen molar-refractivity contribution in [3.63, 3.8) is 0 Å². The Labute approximate surface area is 60.1 Å². The predicted octanol–water partition coefficient (Wildman–Crippen LogP) is 0.828. The first kappa shape index (κ1) is 5.96. The fraction of sp³-hybridized carbons (Fsp3) is 0.625. The molecule has 0 saturated heterocycles. The number of nitrogens with two attached hydrogens (primary N) is 1. The Balaban J connectivity index is 2.25. The molecule has 2 aliphatic carbocycles. The molecular formula is C8H11NO. The van der Waals surface area contributed by atoms with Gasteiger partial charge in [0.1, 0.15) is 0 Å². The molecule has 10 heavy (non-hydrogen) atoms. The number of fused-ring (bicyclic) bond motifs is 2. The number of amides is 1. The van der Waals surface area contributed by atoms with E-state index in [-0.39, 0.29) is 5.91 Å². The molecule has 0 aromatic carbocycles. The average molecular weight is 137 g/mol. The van der Waals surface area contributed by atoms with Crippen LogP contribution in [0.3, 0.4) is 0 Å². The van der Waals surface area contributed by atoms with Crippen molar-refractivity contribution in [2.45, 2.75) is 19.3 Å². The molecule has 2 rings (SSSR count). The zero-order chi connectivity index (χ0) is 7.14. The summed E-state index contributed by atoms with van der Waals surface area (Å²) >= 11 is 0. The van der Waals surface area contributed by atoms with Crippen LogP contribution in [-0.4, -0.2) is 5.91 Å². The minimum Gasteiger partial charge on any atom is -0.366 e. The summed E-state index contributed by atoms with van der Waals surface area (Å²) in [7, 11) is 0. The Morgan fingerprint density at radius 1 is 1.60 bits per heavy atom. The van der Waals surface area contributed by atoms with Gasteiger partial charge in [-0.1, -0.05) is 6.08 Å². The van der Waals surface area contributed by atoms with Gasteiger partial charge in [-0.3, -0.25) is 4.79 Å². The molecule has 2 aliphatic rings. The van der Waals surface area contributed by atoms with Crippen molar-refractivity contribution in [3.8, 4) is 0 Å². The summed E-state index contributed by atoms with van der Waals surface area (Å²) in [6.45, 7) is 0. The quantitative estimate of drug-likeness (QED) is 0.571. The highest BCUT2D eigenvalue weighted by Gasteiger charge is 2.34. The van der Waals surface area contributed by atoms with E-state index in [2.05, 4.69) is 6.08 Å². The largest absolute Gasteiger partial charge is 0.366 e. The van der Waals surface area contributed by atoms with E-state index in [0.29, 0.717) is 11.8 Å². The molecule has 54 valence electrons. The molecule has 0 aromatic rings. The molecule has 1 fully saturated rings. The van der Waals surface area contributed by atoms with E-state index < -0.39 is 0 Å². The smallest absolute Gasteiger partial charge is 0.244 e. The molecule has 1 saturated carbocycles. The van der Waals surface area contributed by atoms with Crippen LogP contribution >= 0.6 is 0 Å². The fourth-order valence-corrected chi connectivity index (χ4v) is 2.12. The van der Waals surface area contributed by atoms with Gasteiger partial charge in [-0.25, -0.2) is 0 Å². The van der Waals surface area contributed by atoms with Gasteiger partial charge in [0.15, 0.2) is 0 Å². The summed E-state index contributed by atoms with van der Waals surface area (Å²) in [5.74, 6) is 0.988. The number of hydrogen-bond donors (Lipinski definition) is 1. The molecule has 0 aromatic heterocycles. The van der Waals surface area contributed by atoms with Crippen LogP contribution in [0.25, 0.3) is 0 Å². The van der Waals surface area contributed by atoms with Gasteiger partial charge in [0, 0.05) is 5.57 Å². The molecule has 2 heteroatoms. The van der Waals surface area contributed by atoms with Crippen LogP contribution in [0.15, 0.2) is 11.6 Å². The van der Waals surface area contributed by atoms with Gasteiger partial charge in [-0.2, -0.15) is 0 Å². The first-order chi connectivity index (χ1) is 4.77. The third-order valence-corrected chi connectivity index (χ3v) is 2.61. The number of primary amides is 1. The summed E-state index contributed by atoms with van der Waals surface area (Å²) in [5, 5.41) is 0. The molecule has 0 heterocycles. The molecule has 2 nitrogen and oxygen atoms in total. The SMILES string of the molecule is NC(=O)C1=CC2CC[C@H]1C2. The summed E-state index contributed by atoms with van der Waals surface area (Å²) in [6, 6.07) is 0. The number of carbonyl (C=O) groups excluding carboxylic acids is 1. The Hall–Kier alpha value is -0.790. The second kappa shape index (κ2) is 1.84. The number of rotatable bonds is 1. The second-order valence-electron chi connectivity index (χ2n) is 3.26. The van der Waals surface area contributed by atoms with Gasteiger partial charge in [-0.05, 0) is 31.1 Å². The summed E-state index contributed by atoms with van der Waals surface area (Å²) in [4.78, 5) is 10.7. The van der Waals surface area contributed by atoms with Crippen LogP contribution < -0.4 is 5.73 Å². The topological polar surface area (TPSA) is 43.1 Å². The van der Waals surface area contributed by atoms with Crippen molar-refractivity contribution in [1.29, 1.82) is 0 Å². The summed E-state index contributed by atoms with van der Waals surface area (Å²) in [6.07, 6.45) is 5.69. The van der Waals surface area contributed by atoms with Crippen molar-refractivity contribution in [3.05, 3.63) is 11.6 Å². The highest BCUT2D eigenvalue weighted by Crippen LogP contribution is 2.43. The maximum absolute atomic E-state index is 10.7. The molecule has 0 radical (unpaired) electrons. The van der Waals surface area contributed by atoms with Crippen LogP contribution in [0.1, 0.15) is 19.3 Å². The lowest BCUT2D eigenvalue weighted by Gasteiger charge is -2.07. The Bertz CT molecular complexity index is 207. The average Bonchev–Trinajstić information content (AvgIpc) is 2.44. The van der Waals surface area contributed by atoms with Crippen molar-refractivity contribution in [1.82, 2.24) is 0 Å². The lowest BCUT2D eigenvalue weighted by atomic mass is 9.98. The summed E-state index contributed by atoms with van der Waals surface area (Å²) < 4.78 is 0. The van der Waals surface area contributed by atoms with Crippen molar-refractivity contribution in [2.24, 2.45) is 17.6 Å². The third-order valence-electron chi connectivity index (χ3n) is 2.61. The van der Waals surface area contributed by atoms with Gasteiger partial charge >= 0.3 is 0 Å². The van der Waals surface area contributed by atoms with Crippen LogP contribution in [0.4, 0.5) is 0 Å². The first-order valence-electron chi connectivity index (χ1n) is 3.79. The molecule has 1 amide bonds. The Morgan fingerprint density at radius 2 is 2.40 bits per heavy atom. The lowest BCUT2D eigenvalue weighted by Crippen LogP contribution is -2.18. The van der Waals surface area contributed by atoms with Crippen molar-refractivity contribution in [2.75, 3.05) is 0 Å². The maximum atomic E-state index is 10.7. The van der Waals surface area contributed by atoms with Gasteiger partial charge in [0.25, 0.3) is 0 Å². The van der Waals surface area contributed by atoms with Crippen molar-refractivity contribution >= 4 is 5.91 Å². The fourth-order valence-electron chi connectivity index (χ4n) is 2.12. The molecule has 2 atom stereocenters. The number of hydrogen-bond acceptors (Lipinski definition) is 1. The van der Waals surface area contributed by atoms with Crippen LogP contribution in [0, 0.1) is 11.8 Å². The Morgan fingerprint density at radius 3 is 2.70 bits per heavy atom. The van der Waals surface area contributed by atoms with Crippen molar-refractivity contribution < 1.29 is 4.79 Å². The van der Waals surface area contributed by atoms with Crippen LogP contribution in [0.5, 0.6) is 0 Å². The molecule has 0 aliphatic heterocycles. The third kappa shape index (κ3) is 0.681. The van der Waals surface area contributed by atoms with Gasteiger partial charge in [0.2, 0.25) is 5.91 Å². The maximum Gasteiger partial charge on any atom is 0.244 e. The molecule has 2 bridgehead atoms. The molecular weight excluding hydrogens is 126 g/mol. The predicted molar refractivity (Wildman–Crippen MR) is 38.1 cm³/mol. The van der Waals surface area contributed by atoms with E-state index in [1.165, 1.54) is 19.3 Å². The normalized spacial score (nSPS) is 36.2. The minimum absolute atomic E-state index is 0.202. The zero-order valence-corrected chi connectivity index (χ0v) is 5.84. The standard InChI is InChI=1S/C8H11NO/c9-8(10)7-4-5-1-2-6(7)3-5/h4-6H,1-3H2,(H2,9,10)/t5?,6-/m0/s1. The lowest BCUT2D eigenvalue weighted by molar-refractivity contribution is -0.115. The van der Waals surface area contributed by atoms with E-state index in [0.717, 1.165) is 5.57 Å².